The third-order valence-corrected chi connectivity index (χ3v) is 3.87. The Morgan fingerprint density at radius 2 is 1.81 bits per heavy atom. The standard InChI is InChI=1S/C17H26N2O2/c1-2-15-7-9-16(10-8-15)21-14-11-18-17(20)19-12-5-3-4-6-13-19/h7-10H,2-6,11-14H2,1H3,(H,18,20). The molecule has 1 aromatic rings. The van der Waals surface area contributed by atoms with Gasteiger partial charge in [0.2, 0.25) is 0 Å². The lowest BCUT2D eigenvalue weighted by Gasteiger charge is -2.20. The van der Waals surface area contributed by atoms with Crippen LogP contribution in [0.25, 0.3) is 0 Å². The van der Waals surface area contributed by atoms with Gasteiger partial charge in [-0.15, -0.1) is 0 Å². The smallest absolute Gasteiger partial charge is 0.317 e. The van der Waals surface area contributed by atoms with Gasteiger partial charge in [-0.2, -0.15) is 0 Å². The number of nitrogens with one attached hydrogen (secondary N) is 1. The Morgan fingerprint density at radius 3 is 2.43 bits per heavy atom. The highest BCUT2D eigenvalue weighted by atomic mass is 16.5. The van der Waals surface area contributed by atoms with Crippen molar-refractivity contribution in [3.63, 3.8) is 0 Å². The van der Waals surface area contributed by atoms with Gasteiger partial charge in [0.15, 0.2) is 0 Å². The van der Waals surface area contributed by atoms with E-state index in [0.717, 1.165) is 38.1 Å². The van der Waals surface area contributed by atoms with Gasteiger partial charge in [0, 0.05) is 13.1 Å². The quantitative estimate of drug-likeness (QED) is 0.846. The van der Waals surface area contributed by atoms with E-state index in [0.29, 0.717) is 13.2 Å². The van der Waals surface area contributed by atoms with Gasteiger partial charge in [-0.1, -0.05) is 31.9 Å². The molecule has 1 heterocycles. The van der Waals surface area contributed by atoms with Crippen LogP contribution in [0.5, 0.6) is 5.75 Å². The molecule has 2 amide bonds. The van der Waals surface area contributed by atoms with E-state index in [1.165, 1.54) is 18.4 Å². The van der Waals surface area contributed by atoms with Crippen molar-refractivity contribution in [1.82, 2.24) is 10.2 Å². The summed E-state index contributed by atoms with van der Waals surface area (Å²) in [6.45, 7) is 4.94. The highest BCUT2D eigenvalue weighted by molar-refractivity contribution is 5.74. The van der Waals surface area contributed by atoms with E-state index in [2.05, 4.69) is 24.4 Å². The molecule has 0 aromatic heterocycles. The SMILES string of the molecule is CCc1ccc(OCCNC(=O)N2CCCCCC2)cc1. The van der Waals surface area contributed by atoms with Crippen molar-refractivity contribution in [3.05, 3.63) is 29.8 Å². The van der Waals surface area contributed by atoms with Crippen LogP contribution in [0.2, 0.25) is 0 Å². The van der Waals surface area contributed by atoms with Gasteiger partial charge in [0.05, 0.1) is 6.54 Å². The number of carbonyl (C=O) groups is 1. The number of urea groups is 1. The Kier molecular flexibility index (Phi) is 6.38. The van der Waals surface area contributed by atoms with Gasteiger partial charge >= 0.3 is 6.03 Å². The Labute approximate surface area is 127 Å². The fourth-order valence-corrected chi connectivity index (χ4v) is 2.53. The molecule has 1 saturated heterocycles. The van der Waals surface area contributed by atoms with Crippen LogP contribution in [0.15, 0.2) is 24.3 Å². The molecule has 0 aliphatic carbocycles. The molecule has 0 unspecified atom stereocenters. The number of nitrogens with zero attached hydrogens (tertiary/aromatic N) is 1. The van der Waals surface area contributed by atoms with Crippen LogP contribution >= 0.6 is 0 Å². The van der Waals surface area contributed by atoms with Crippen LogP contribution < -0.4 is 10.1 Å². The summed E-state index contributed by atoms with van der Waals surface area (Å²) in [6, 6.07) is 8.16. The van der Waals surface area contributed by atoms with Gasteiger partial charge < -0.3 is 15.0 Å². The van der Waals surface area contributed by atoms with Crippen molar-refractivity contribution in [3.8, 4) is 5.75 Å². The first-order chi connectivity index (χ1) is 10.3. The molecule has 1 N–H and O–H groups in total. The second kappa shape index (κ2) is 8.55. The molecule has 4 nitrogen and oxygen atoms in total. The van der Waals surface area contributed by atoms with Crippen LogP contribution in [0.4, 0.5) is 4.79 Å². The molecule has 21 heavy (non-hydrogen) atoms. The molecule has 4 heteroatoms. The summed E-state index contributed by atoms with van der Waals surface area (Å²) in [4.78, 5) is 13.9. The summed E-state index contributed by atoms with van der Waals surface area (Å²) in [5.74, 6) is 0.858. The summed E-state index contributed by atoms with van der Waals surface area (Å²) in [6.07, 6.45) is 5.74. The first-order valence-corrected chi connectivity index (χ1v) is 8.04. The number of likely N-dealkylation sites (tertiary alicyclic amines) is 1. The lowest BCUT2D eigenvalue weighted by Crippen LogP contribution is -2.41. The van der Waals surface area contributed by atoms with Crippen LogP contribution in [0.3, 0.4) is 0 Å². The molecule has 0 bridgehead atoms. The predicted octanol–water partition coefficient (Wildman–Crippen LogP) is 3.21. The van der Waals surface area contributed by atoms with Crippen molar-refractivity contribution in [2.45, 2.75) is 39.0 Å². The lowest BCUT2D eigenvalue weighted by molar-refractivity contribution is 0.196. The Balaban J connectivity index is 1.65. The van der Waals surface area contributed by atoms with Crippen LogP contribution in [-0.4, -0.2) is 37.2 Å². The average molecular weight is 290 g/mol. The number of carbonyl (C=O) groups excluding carboxylic acids is 1. The van der Waals surface area contributed by atoms with E-state index < -0.39 is 0 Å². The van der Waals surface area contributed by atoms with Crippen LogP contribution in [-0.2, 0) is 6.42 Å². The number of amides is 2. The maximum absolute atomic E-state index is 12.0. The van der Waals surface area contributed by atoms with Crippen molar-refractivity contribution in [1.29, 1.82) is 0 Å². The molecule has 116 valence electrons. The van der Waals surface area contributed by atoms with E-state index in [1.54, 1.807) is 0 Å². The third-order valence-electron chi connectivity index (χ3n) is 3.87. The monoisotopic (exact) mass is 290 g/mol. The number of rotatable bonds is 5. The number of ether oxygens (including phenoxy) is 1. The average Bonchev–Trinajstić information content (AvgIpc) is 2.81. The second-order valence-electron chi connectivity index (χ2n) is 5.48. The number of hydrogen-bond acceptors (Lipinski definition) is 2. The summed E-state index contributed by atoms with van der Waals surface area (Å²) in [7, 11) is 0. The molecule has 1 aliphatic rings. The maximum Gasteiger partial charge on any atom is 0.317 e. The highest BCUT2D eigenvalue weighted by Gasteiger charge is 2.14. The van der Waals surface area contributed by atoms with Crippen molar-refractivity contribution < 1.29 is 9.53 Å². The van der Waals surface area contributed by atoms with Gasteiger partial charge in [-0.25, -0.2) is 4.79 Å². The summed E-state index contributed by atoms with van der Waals surface area (Å²) < 4.78 is 5.63. The Hall–Kier alpha value is -1.71. The zero-order valence-electron chi connectivity index (χ0n) is 12.9. The highest BCUT2D eigenvalue weighted by Crippen LogP contribution is 2.12. The number of hydrogen-bond donors (Lipinski definition) is 1. The minimum Gasteiger partial charge on any atom is -0.492 e. The predicted molar refractivity (Wildman–Crippen MR) is 84.8 cm³/mol. The molecule has 1 aromatic carbocycles. The summed E-state index contributed by atoms with van der Waals surface area (Å²) >= 11 is 0. The second-order valence-corrected chi connectivity index (χ2v) is 5.48. The fraction of sp³-hybridized carbons (Fsp3) is 0.588. The number of benzene rings is 1. The van der Waals surface area contributed by atoms with Gasteiger partial charge in [-0.3, -0.25) is 0 Å². The van der Waals surface area contributed by atoms with E-state index in [-0.39, 0.29) is 6.03 Å². The zero-order valence-corrected chi connectivity index (χ0v) is 12.9. The van der Waals surface area contributed by atoms with Crippen molar-refractivity contribution in [2.24, 2.45) is 0 Å². The lowest BCUT2D eigenvalue weighted by atomic mass is 10.2. The molecule has 1 aliphatic heterocycles. The molecular formula is C17H26N2O2. The topological polar surface area (TPSA) is 41.6 Å². The maximum atomic E-state index is 12.0. The van der Waals surface area contributed by atoms with Crippen LogP contribution in [0.1, 0.15) is 38.2 Å². The van der Waals surface area contributed by atoms with E-state index in [1.807, 2.05) is 17.0 Å². The molecular weight excluding hydrogens is 264 g/mol. The minimum atomic E-state index is 0.0434. The largest absolute Gasteiger partial charge is 0.492 e. The molecule has 0 radical (unpaired) electrons. The normalized spacial score (nSPS) is 15.4. The fourth-order valence-electron chi connectivity index (χ4n) is 2.53. The van der Waals surface area contributed by atoms with Crippen molar-refractivity contribution >= 4 is 6.03 Å². The van der Waals surface area contributed by atoms with Gasteiger partial charge in [0.25, 0.3) is 0 Å². The summed E-state index contributed by atoms with van der Waals surface area (Å²) in [5, 5.41) is 2.93. The Morgan fingerprint density at radius 1 is 1.14 bits per heavy atom. The van der Waals surface area contributed by atoms with Gasteiger partial charge in [0.1, 0.15) is 12.4 Å². The third kappa shape index (κ3) is 5.29. The zero-order chi connectivity index (χ0) is 14.9. The summed E-state index contributed by atoms with van der Waals surface area (Å²) in [5.41, 5.74) is 1.30. The van der Waals surface area contributed by atoms with E-state index in [4.69, 9.17) is 4.74 Å². The first kappa shape index (κ1) is 15.7. The van der Waals surface area contributed by atoms with Crippen molar-refractivity contribution in [2.75, 3.05) is 26.2 Å². The van der Waals surface area contributed by atoms with Gasteiger partial charge in [-0.05, 0) is 37.0 Å². The number of aryl methyl sites for hydroxylation is 1. The molecule has 2 rings (SSSR count). The minimum absolute atomic E-state index is 0.0434. The van der Waals surface area contributed by atoms with E-state index >= 15 is 0 Å². The molecule has 0 saturated carbocycles. The molecule has 0 spiro atoms. The van der Waals surface area contributed by atoms with Crippen LogP contribution in [0, 0.1) is 0 Å². The first-order valence-electron chi connectivity index (χ1n) is 8.04. The van der Waals surface area contributed by atoms with E-state index in [9.17, 15) is 4.79 Å². The Bertz CT molecular complexity index is 423. The molecule has 1 fully saturated rings. The molecule has 0 atom stereocenters.